The van der Waals surface area contributed by atoms with Crippen LogP contribution in [0.1, 0.15) is 38.2 Å². The minimum atomic E-state index is 0.643. The summed E-state index contributed by atoms with van der Waals surface area (Å²) in [6.45, 7) is 7.00. The van der Waals surface area contributed by atoms with Crippen molar-refractivity contribution >= 4 is 0 Å². The van der Waals surface area contributed by atoms with E-state index in [-0.39, 0.29) is 0 Å². The molecule has 0 radical (unpaired) electrons. The molecule has 4 unspecified atom stereocenters. The zero-order valence-corrected chi connectivity index (χ0v) is 11.5. The summed E-state index contributed by atoms with van der Waals surface area (Å²) in [5, 5.41) is 3.61. The summed E-state index contributed by atoms with van der Waals surface area (Å²) in [6, 6.07) is 13.2. The second-order valence-electron chi connectivity index (χ2n) is 5.89. The van der Waals surface area contributed by atoms with Crippen molar-refractivity contribution in [1.82, 2.24) is 10.2 Å². The molecule has 0 amide bonds. The fourth-order valence-corrected chi connectivity index (χ4v) is 3.38. The van der Waals surface area contributed by atoms with Gasteiger partial charge in [-0.25, -0.2) is 0 Å². The molecule has 2 heteroatoms. The Morgan fingerprint density at radius 3 is 2.78 bits per heavy atom. The van der Waals surface area contributed by atoms with Gasteiger partial charge in [-0.15, -0.1) is 0 Å². The van der Waals surface area contributed by atoms with Gasteiger partial charge in [0.05, 0.1) is 0 Å². The number of hydrogen-bond donors (Lipinski definition) is 1. The lowest BCUT2D eigenvalue weighted by Gasteiger charge is -2.39. The highest BCUT2D eigenvalue weighted by Gasteiger charge is 2.45. The van der Waals surface area contributed by atoms with Gasteiger partial charge in [-0.05, 0) is 25.3 Å². The van der Waals surface area contributed by atoms with Crippen molar-refractivity contribution in [1.29, 1.82) is 0 Å². The number of rotatable bonds is 3. The van der Waals surface area contributed by atoms with Crippen LogP contribution in [0.25, 0.3) is 0 Å². The third kappa shape index (κ3) is 2.32. The fraction of sp³-hybridized carbons (Fsp3) is 0.625. The molecule has 1 aromatic carbocycles. The summed E-state index contributed by atoms with van der Waals surface area (Å²) >= 11 is 0. The summed E-state index contributed by atoms with van der Waals surface area (Å²) in [6.07, 6.45) is 2.62. The molecule has 4 atom stereocenters. The van der Waals surface area contributed by atoms with Crippen LogP contribution in [0.4, 0.5) is 0 Å². The Balaban J connectivity index is 1.69. The Labute approximate surface area is 110 Å². The molecule has 3 rings (SSSR count). The standard InChI is InChI=1S/C16H24N2/c1-3-14-10-17-12(2)11-18(14)16-9-15(16)13-7-5-4-6-8-13/h4-8,12,14-17H,3,9-11H2,1-2H3. The molecule has 1 N–H and O–H groups in total. The Bertz CT molecular complexity index is 389. The minimum absolute atomic E-state index is 0.643. The highest BCUT2D eigenvalue weighted by molar-refractivity contribution is 5.28. The van der Waals surface area contributed by atoms with Crippen molar-refractivity contribution in [3.63, 3.8) is 0 Å². The van der Waals surface area contributed by atoms with E-state index in [0.717, 1.165) is 24.5 Å². The second-order valence-corrected chi connectivity index (χ2v) is 5.89. The van der Waals surface area contributed by atoms with Crippen molar-refractivity contribution in [3.05, 3.63) is 35.9 Å². The maximum absolute atomic E-state index is 3.61. The molecule has 2 aliphatic rings. The van der Waals surface area contributed by atoms with Crippen molar-refractivity contribution in [2.45, 2.75) is 50.7 Å². The normalized spacial score (nSPS) is 36.6. The smallest absolute Gasteiger partial charge is 0.0221 e. The molecule has 1 aliphatic heterocycles. The number of piperazine rings is 1. The average Bonchev–Trinajstić information content (AvgIpc) is 3.20. The van der Waals surface area contributed by atoms with E-state index >= 15 is 0 Å². The fourth-order valence-electron chi connectivity index (χ4n) is 3.38. The van der Waals surface area contributed by atoms with Gasteiger partial charge >= 0.3 is 0 Å². The summed E-state index contributed by atoms with van der Waals surface area (Å²) in [7, 11) is 0. The lowest BCUT2D eigenvalue weighted by atomic mass is 10.1. The van der Waals surface area contributed by atoms with Gasteiger partial charge in [-0.3, -0.25) is 4.90 Å². The van der Waals surface area contributed by atoms with E-state index < -0.39 is 0 Å². The van der Waals surface area contributed by atoms with Crippen LogP contribution in [0.3, 0.4) is 0 Å². The van der Waals surface area contributed by atoms with Gasteiger partial charge in [0, 0.05) is 37.1 Å². The third-order valence-corrected chi connectivity index (χ3v) is 4.54. The third-order valence-electron chi connectivity index (χ3n) is 4.54. The van der Waals surface area contributed by atoms with Crippen LogP contribution in [-0.4, -0.2) is 36.1 Å². The molecular weight excluding hydrogens is 220 g/mol. The van der Waals surface area contributed by atoms with Crippen molar-refractivity contribution < 1.29 is 0 Å². The molecule has 1 aromatic rings. The van der Waals surface area contributed by atoms with Crippen LogP contribution >= 0.6 is 0 Å². The molecule has 1 heterocycles. The molecule has 1 saturated heterocycles. The van der Waals surface area contributed by atoms with Gasteiger partial charge in [0.25, 0.3) is 0 Å². The van der Waals surface area contributed by atoms with Crippen LogP contribution in [0.2, 0.25) is 0 Å². The first-order valence-corrected chi connectivity index (χ1v) is 7.33. The second kappa shape index (κ2) is 5.02. The molecule has 0 bridgehead atoms. The maximum atomic E-state index is 3.61. The van der Waals surface area contributed by atoms with E-state index in [4.69, 9.17) is 0 Å². The lowest BCUT2D eigenvalue weighted by molar-refractivity contribution is 0.121. The minimum Gasteiger partial charge on any atom is -0.311 e. The largest absolute Gasteiger partial charge is 0.311 e. The molecule has 0 aromatic heterocycles. The highest BCUT2D eigenvalue weighted by atomic mass is 15.3. The summed E-state index contributed by atoms with van der Waals surface area (Å²) in [5.41, 5.74) is 1.53. The van der Waals surface area contributed by atoms with Crippen LogP contribution in [0.5, 0.6) is 0 Å². The predicted octanol–water partition coefficient (Wildman–Crippen LogP) is 2.61. The predicted molar refractivity (Wildman–Crippen MR) is 75.8 cm³/mol. The van der Waals surface area contributed by atoms with E-state index in [9.17, 15) is 0 Å². The van der Waals surface area contributed by atoms with Crippen molar-refractivity contribution in [3.8, 4) is 0 Å². The van der Waals surface area contributed by atoms with Crippen molar-refractivity contribution in [2.24, 2.45) is 0 Å². The SMILES string of the molecule is CCC1CNC(C)CN1C1CC1c1ccccc1. The zero-order chi connectivity index (χ0) is 12.5. The van der Waals surface area contributed by atoms with Gasteiger partial charge in [-0.2, -0.15) is 0 Å². The average molecular weight is 244 g/mol. The monoisotopic (exact) mass is 244 g/mol. The summed E-state index contributed by atoms with van der Waals surface area (Å²) in [4.78, 5) is 2.76. The number of benzene rings is 1. The molecule has 2 nitrogen and oxygen atoms in total. The summed E-state index contributed by atoms with van der Waals surface area (Å²) < 4.78 is 0. The molecule has 0 spiro atoms. The van der Waals surface area contributed by atoms with Crippen molar-refractivity contribution in [2.75, 3.05) is 13.1 Å². The van der Waals surface area contributed by atoms with Crippen LogP contribution < -0.4 is 5.32 Å². The number of nitrogens with one attached hydrogen (secondary N) is 1. The molecule has 18 heavy (non-hydrogen) atoms. The molecule has 2 fully saturated rings. The zero-order valence-electron chi connectivity index (χ0n) is 11.5. The van der Waals surface area contributed by atoms with Gasteiger partial charge in [-0.1, -0.05) is 37.3 Å². The van der Waals surface area contributed by atoms with Gasteiger partial charge < -0.3 is 5.32 Å². The molecule has 1 aliphatic carbocycles. The Morgan fingerprint density at radius 2 is 2.06 bits per heavy atom. The molecular formula is C16H24N2. The van der Waals surface area contributed by atoms with Gasteiger partial charge in [0.2, 0.25) is 0 Å². The summed E-state index contributed by atoms with van der Waals surface area (Å²) in [5.74, 6) is 0.783. The lowest BCUT2D eigenvalue weighted by Crippen LogP contribution is -2.56. The number of nitrogens with zero attached hydrogens (tertiary/aromatic N) is 1. The molecule has 98 valence electrons. The van der Waals surface area contributed by atoms with Crippen LogP contribution in [0.15, 0.2) is 30.3 Å². The van der Waals surface area contributed by atoms with E-state index in [0.29, 0.717) is 6.04 Å². The Kier molecular flexibility index (Phi) is 3.40. The topological polar surface area (TPSA) is 15.3 Å². The van der Waals surface area contributed by atoms with E-state index in [1.165, 1.54) is 24.9 Å². The van der Waals surface area contributed by atoms with E-state index in [2.05, 4.69) is 54.4 Å². The quantitative estimate of drug-likeness (QED) is 0.879. The highest BCUT2D eigenvalue weighted by Crippen LogP contribution is 2.45. The Hall–Kier alpha value is -0.860. The first kappa shape index (κ1) is 12.2. The maximum Gasteiger partial charge on any atom is 0.0221 e. The van der Waals surface area contributed by atoms with Crippen LogP contribution in [-0.2, 0) is 0 Å². The van der Waals surface area contributed by atoms with Crippen LogP contribution in [0, 0.1) is 0 Å². The number of hydrogen-bond acceptors (Lipinski definition) is 2. The van der Waals surface area contributed by atoms with Gasteiger partial charge in [0.1, 0.15) is 0 Å². The van der Waals surface area contributed by atoms with Gasteiger partial charge in [0.15, 0.2) is 0 Å². The first-order valence-electron chi connectivity index (χ1n) is 7.33. The molecule has 1 saturated carbocycles. The Morgan fingerprint density at radius 1 is 1.28 bits per heavy atom. The first-order chi connectivity index (χ1) is 8.79. The van der Waals surface area contributed by atoms with E-state index in [1.54, 1.807) is 0 Å². The van der Waals surface area contributed by atoms with E-state index in [1.807, 2.05) is 0 Å².